The van der Waals surface area contributed by atoms with E-state index in [0.29, 0.717) is 12.5 Å². The summed E-state index contributed by atoms with van der Waals surface area (Å²) in [5.74, 6) is 3.09. The van der Waals surface area contributed by atoms with Crippen LogP contribution in [-0.2, 0) is 6.42 Å². The second kappa shape index (κ2) is 8.96. The maximum atomic E-state index is 5.76. The zero-order chi connectivity index (χ0) is 16.1. The fourth-order valence-electron chi connectivity index (χ4n) is 2.87. The first-order chi connectivity index (χ1) is 11.3. The Hall–Kier alpha value is -1.70. The van der Waals surface area contributed by atoms with Crippen LogP contribution in [0.3, 0.4) is 0 Å². The van der Waals surface area contributed by atoms with Gasteiger partial charge in [0.15, 0.2) is 5.96 Å². The highest BCUT2D eigenvalue weighted by molar-refractivity contribution is 14.0. The first-order valence-corrected chi connectivity index (χ1v) is 7.99. The predicted octanol–water partition coefficient (Wildman–Crippen LogP) is 3.17. The van der Waals surface area contributed by atoms with Crippen LogP contribution >= 0.6 is 24.0 Å². The zero-order valence-electron chi connectivity index (χ0n) is 14.0. The lowest BCUT2D eigenvalue weighted by Gasteiger charge is -2.22. The summed E-state index contributed by atoms with van der Waals surface area (Å²) in [6.45, 7) is 3.64. The number of hydrogen-bond acceptors (Lipinski definition) is 3. The smallest absolute Gasteiger partial charge is 0.191 e. The van der Waals surface area contributed by atoms with E-state index in [-0.39, 0.29) is 30.0 Å². The molecular formula is C18H24IN3O2. The van der Waals surface area contributed by atoms with Gasteiger partial charge < -0.3 is 19.8 Å². The average molecular weight is 441 g/mol. The monoisotopic (exact) mass is 441 g/mol. The van der Waals surface area contributed by atoms with Gasteiger partial charge in [0.05, 0.1) is 12.9 Å². The van der Waals surface area contributed by atoms with E-state index in [1.54, 1.807) is 13.3 Å². The largest absolute Gasteiger partial charge is 0.493 e. The number of para-hydroxylation sites is 1. The molecule has 2 aromatic rings. The zero-order valence-corrected chi connectivity index (χ0v) is 16.3. The number of nitrogens with one attached hydrogen (secondary N) is 2. The third-order valence-corrected chi connectivity index (χ3v) is 4.17. The molecule has 2 N–H and O–H groups in total. The lowest BCUT2D eigenvalue weighted by atomic mass is 9.94. The number of ether oxygens (including phenoxy) is 1. The normalized spacial score (nSPS) is 17.4. The Labute approximate surface area is 159 Å². The van der Waals surface area contributed by atoms with E-state index < -0.39 is 0 Å². The number of rotatable bonds is 5. The molecule has 1 aliphatic heterocycles. The fraction of sp³-hybridized carbons (Fsp3) is 0.389. The molecule has 0 amide bonds. The minimum atomic E-state index is 0. The quantitative estimate of drug-likeness (QED) is 0.425. The molecule has 24 heavy (non-hydrogen) atoms. The number of guanidine groups is 1. The third-order valence-electron chi connectivity index (χ3n) is 4.17. The summed E-state index contributed by atoms with van der Waals surface area (Å²) in [5.41, 5.74) is 1.26. The van der Waals surface area contributed by atoms with Crippen molar-refractivity contribution >= 4 is 29.9 Å². The van der Waals surface area contributed by atoms with Gasteiger partial charge in [-0.25, -0.2) is 0 Å². The van der Waals surface area contributed by atoms with Gasteiger partial charge in [0.25, 0.3) is 0 Å². The van der Waals surface area contributed by atoms with Crippen LogP contribution < -0.4 is 15.4 Å². The molecule has 0 saturated heterocycles. The molecule has 0 fully saturated rings. The van der Waals surface area contributed by atoms with E-state index in [9.17, 15) is 0 Å². The molecule has 1 aliphatic rings. The molecule has 1 aromatic heterocycles. The minimum absolute atomic E-state index is 0. The highest BCUT2D eigenvalue weighted by Crippen LogP contribution is 2.35. The molecule has 0 radical (unpaired) electrons. The van der Waals surface area contributed by atoms with Crippen molar-refractivity contribution in [2.45, 2.75) is 25.3 Å². The Kier molecular flexibility index (Phi) is 6.96. The van der Waals surface area contributed by atoms with Gasteiger partial charge in [-0.1, -0.05) is 18.2 Å². The number of furan rings is 1. The lowest BCUT2D eigenvalue weighted by molar-refractivity contribution is 0.312. The standard InChI is InChI=1S/C18H23N3O2.HI/c1-13(16-12-23-17-8-4-3-7-15(16)17)21-18(19-2)20-10-9-14-6-5-11-22-14;/h3-8,11,13,16H,9-10,12H2,1-2H3,(H2,19,20,21);1H. The lowest BCUT2D eigenvalue weighted by Crippen LogP contribution is -2.45. The predicted molar refractivity (Wildman–Crippen MR) is 106 cm³/mol. The first-order valence-electron chi connectivity index (χ1n) is 7.99. The molecule has 0 spiro atoms. The highest BCUT2D eigenvalue weighted by atomic mass is 127. The van der Waals surface area contributed by atoms with Gasteiger partial charge in [-0.15, -0.1) is 24.0 Å². The fourth-order valence-corrected chi connectivity index (χ4v) is 2.87. The van der Waals surface area contributed by atoms with E-state index in [0.717, 1.165) is 30.4 Å². The molecule has 0 aliphatic carbocycles. The Balaban J connectivity index is 0.00000208. The van der Waals surface area contributed by atoms with Crippen LogP contribution in [0.2, 0.25) is 0 Å². The molecule has 6 heteroatoms. The maximum absolute atomic E-state index is 5.76. The minimum Gasteiger partial charge on any atom is -0.493 e. The number of hydrogen-bond donors (Lipinski definition) is 2. The van der Waals surface area contributed by atoms with Gasteiger partial charge in [0, 0.05) is 37.5 Å². The Morgan fingerprint density at radius 1 is 1.29 bits per heavy atom. The Morgan fingerprint density at radius 3 is 2.88 bits per heavy atom. The third kappa shape index (κ3) is 4.43. The van der Waals surface area contributed by atoms with Crippen LogP contribution in [0.4, 0.5) is 0 Å². The van der Waals surface area contributed by atoms with Crippen LogP contribution in [0, 0.1) is 0 Å². The molecule has 0 saturated carbocycles. The Bertz CT molecular complexity index is 658. The van der Waals surface area contributed by atoms with Crippen molar-refractivity contribution in [3.05, 3.63) is 54.0 Å². The van der Waals surface area contributed by atoms with Crippen LogP contribution in [0.15, 0.2) is 52.1 Å². The molecule has 3 rings (SSSR count). The number of benzene rings is 1. The van der Waals surface area contributed by atoms with Crippen molar-refractivity contribution in [1.82, 2.24) is 10.6 Å². The van der Waals surface area contributed by atoms with Crippen molar-refractivity contribution in [3.8, 4) is 5.75 Å². The van der Waals surface area contributed by atoms with Gasteiger partial charge in [-0.05, 0) is 25.1 Å². The van der Waals surface area contributed by atoms with Crippen molar-refractivity contribution < 1.29 is 9.15 Å². The Morgan fingerprint density at radius 2 is 2.12 bits per heavy atom. The summed E-state index contributed by atoms with van der Waals surface area (Å²) in [6, 6.07) is 12.3. The van der Waals surface area contributed by atoms with Gasteiger partial charge >= 0.3 is 0 Å². The van der Waals surface area contributed by atoms with Crippen LogP contribution in [0.1, 0.15) is 24.2 Å². The number of aliphatic imine (C=N–C) groups is 1. The molecule has 130 valence electrons. The highest BCUT2D eigenvalue weighted by Gasteiger charge is 2.29. The van der Waals surface area contributed by atoms with E-state index in [1.807, 2.05) is 24.3 Å². The van der Waals surface area contributed by atoms with Gasteiger partial charge in [0.1, 0.15) is 11.5 Å². The van der Waals surface area contributed by atoms with Crippen LogP contribution in [-0.4, -0.2) is 32.2 Å². The molecule has 0 bridgehead atoms. The summed E-state index contributed by atoms with van der Waals surface area (Å²) in [6.07, 6.45) is 2.53. The number of halogens is 1. The topological polar surface area (TPSA) is 58.8 Å². The summed E-state index contributed by atoms with van der Waals surface area (Å²) in [4.78, 5) is 4.30. The number of fused-ring (bicyclic) bond motifs is 1. The SMILES string of the molecule is CN=C(NCCc1ccco1)NC(C)C1COc2ccccc21.I. The van der Waals surface area contributed by atoms with Gasteiger partial charge in [-0.2, -0.15) is 0 Å². The first kappa shape index (κ1) is 18.6. The van der Waals surface area contributed by atoms with Crippen molar-refractivity contribution in [3.63, 3.8) is 0 Å². The summed E-state index contributed by atoms with van der Waals surface area (Å²) in [7, 11) is 1.79. The summed E-state index contributed by atoms with van der Waals surface area (Å²) < 4.78 is 11.1. The maximum Gasteiger partial charge on any atom is 0.191 e. The average Bonchev–Trinajstić information content (AvgIpc) is 3.23. The second-order valence-electron chi connectivity index (χ2n) is 5.72. The summed E-state index contributed by atoms with van der Waals surface area (Å²) >= 11 is 0. The van der Waals surface area contributed by atoms with Crippen molar-refractivity contribution in [2.24, 2.45) is 4.99 Å². The molecular weight excluding hydrogens is 417 g/mol. The summed E-state index contributed by atoms with van der Waals surface area (Å²) in [5, 5.41) is 6.78. The van der Waals surface area contributed by atoms with E-state index in [4.69, 9.17) is 9.15 Å². The van der Waals surface area contributed by atoms with E-state index in [1.165, 1.54) is 5.56 Å². The van der Waals surface area contributed by atoms with Crippen molar-refractivity contribution in [1.29, 1.82) is 0 Å². The second-order valence-corrected chi connectivity index (χ2v) is 5.72. The molecule has 1 aromatic carbocycles. The van der Waals surface area contributed by atoms with E-state index >= 15 is 0 Å². The molecule has 5 nitrogen and oxygen atoms in total. The molecule has 2 atom stereocenters. The van der Waals surface area contributed by atoms with Crippen LogP contribution in [0.5, 0.6) is 5.75 Å². The van der Waals surface area contributed by atoms with Gasteiger partial charge in [-0.3, -0.25) is 4.99 Å². The molecule has 2 heterocycles. The van der Waals surface area contributed by atoms with Crippen molar-refractivity contribution in [2.75, 3.05) is 20.2 Å². The molecule has 2 unspecified atom stereocenters. The van der Waals surface area contributed by atoms with Crippen LogP contribution in [0.25, 0.3) is 0 Å². The van der Waals surface area contributed by atoms with Gasteiger partial charge in [0.2, 0.25) is 0 Å². The number of nitrogens with zero attached hydrogens (tertiary/aromatic N) is 1. The van der Waals surface area contributed by atoms with E-state index in [2.05, 4.69) is 34.7 Å².